The van der Waals surface area contributed by atoms with Gasteiger partial charge in [0.25, 0.3) is 0 Å². The summed E-state index contributed by atoms with van der Waals surface area (Å²) in [5.41, 5.74) is 9.52. The summed E-state index contributed by atoms with van der Waals surface area (Å²) in [6, 6.07) is 17.7. The van der Waals surface area contributed by atoms with E-state index in [0.717, 1.165) is 31.4 Å². The Morgan fingerprint density at radius 2 is 1.74 bits per heavy atom. The van der Waals surface area contributed by atoms with Gasteiger partial charge in [-0.1, -0.05) is 60.2 Å². The number of rotatable bonds is 6. The third kappa shape index (κ3) is 6.06. The molecule has 2 aromatic rings. The molecule has 1 aliphatic rings. The minimum atomic E-state index is -0.578. The second-order valence-corrected chi connectivity index (χ2v) is 7.02. The van der Waals surface area contributed by atoms with Crippen molar-refractivity contribution in [2.24, 2.45) is 5.73 Å². The van der Waals surface area contributed by atoms with Gasteiger partial charge in [0, 0.05) is 13.1 Å². The number of piperidine rings is 1. The number of carbonyl (C=O) groups excluding carboxylic acids is 1. The molecule has 0 radical (unpaired) electrons. The fourth-order valence-corrected chi connectivity index (χ4v) is 3.34. The van der Waals surface area contributed by atoms with E-state index in [4.69, 9.17) is 10.5 Å². The monoisotopic (exact) mass is 388 g/mol. The molecule has 0 bridgehead atoms. The normalized spacial score (nSPS) is 15.9. The lowest BCUT2D eigenvalue weighted by atomic mass is 10.0. The summed E-state index contributed by atoms with van der Waals surface area (Å²) in [4.78, 5) is 14.5. The molecule has 1 amide bonds. The summed E-state index contributed by atoms with van der Waals surface area (Å²) in [6.45, 7) is 4.19. The highest BCUT2D eigenvalue weighted by molar-refractivity contribution is 5.85. The number of aryl methyl sites for hydroxylation is 1. The van der Waals surface area contributed by atoms with Gasteiger partial charge in [-0.15, -0.1) is 12.4 Å². The Bertz CT molecular complexity index is 698. The maximum absolute atomic E-state index is 12.6. The van der Waals surface area contributed by atoms with E-state index in [9.17, 15) is 4.79 Å². The fourth-order valence-electron chi connectivity index (χ4n) is 3.34. The summed E-state index contributed by atoms with van der Waals surface area (Å²) in [6.07, 6.45) is 2.92. The molecule has 1 fully saturated rings. The van der Waals surface area contributed by atoms with Crippen molar-refractivity contribution in [1.29, 1.82) is 0 Å². The minimum absolute atomic E-state index is 0. The van der Waals surface area contributed by atoms with Crippen LogP contribution in [0.5, 0.6) is 0 Å². The highest BCUT2D eigenvalue weighted by Gasteiger charge is 2.27. The van der Waals surface area contributed by atoms with Crippen molar-refractivity contribution in [3.63, 3.8) is 0 Å². The van der Waals surface area contributed by atoms with Gasteiger partial charge in [0.1, 0.15) is 6.04 Å². The van der Waals surface area contributed by atoms with Crippen molar-refractivity contribution in [3.05, 3.63) is 71.3 Å². The zero-order valence-electron chi connectivity index (χ0n) is 15.8. The molecule has 0 aromatic heterocycles. The number of likely N-dealkylation sites (tertiary alicyclic amines) is 1. The van der Waals surface area contributed by atoms with Crippen LogP contribution in [0.3, 0.4) is 0 Å². The van der Waals surface area contributed by atoms with E-state index >= 15 is 0 Å². The van der Waals surface area contributed by atoms with Crippen LogP contribution in [0.1, 0.15) is 35.6 Å². The highest BCUT2D eigenvalue weighted by Crippen LogP contribution is 2.19. The smallest absolute Gasteiger partial charge is 0.244 e. The van der Waals surface area contributed by atoms with Gasteiger partial charge in [-0.25, -0.2) is 0 Å². The summed E-state index contributed by atoms with van der Waals surface area (Å²) < 4.78 is 6.00. The molecule has 2 N–H and O–H groups in total. The van der Waals surface area contributed by atoms with Crippen LogP contribution < -0.4 is 5.73 Å². The molecule has 1 atom stereocenters. The van der Waals surface area contributed by atoms with Crippen molar-refractivity contribution >= 4 is 18.3 Å². The molecule has 0 aliphatic carbocycles. The predicted octanol–water partition coefficient (Wildman–Crippen LogP) is 3.67. The third-order valence-corrected chi connectivity index (χ3v) is 5.04. The third-order valence-electron chi connectivity index (χ3n) is 5.04. The van der Waals surface area contributed by atoms with E-state index in [1.807, 2.05) is 42.2 Å². The van der Waals surface area contributed by atoms with E-state index in [1.165, 1.54) is 11.1 Å². The number of nitrogens with two attached hydrogens (primary N) is 1. The number of benzene rings is 2. The number of nitrogens with zero attached hydrogens (tertiary/aromatic N) is 1. The quantitative estimate of drug-likeness (QED) is 0.821. The maximum Gasteiger partial charge on any atom is 0.244 e. The second-order valence-electron chi connectivity index (χ2n) is 7.02. The molecular formula is C22H29ClN2O2. The lowest BCUT2D eigenvalue weighted by molar-refractivity contribution is -0.135. The average molecular weight is 389 g/mol. The van der Waals surface area contributed by atoms with Crippen LogP contribution in [0.4, 0.5) is 0 Å². The first kappa shape index (κ1) is 21.4. The largest absolute Gasteiger partial charge is 0.378 e. The Labute approximate surface area is 168 Å². The van der Waals surface area contributed by atoms with Crippen molar-refractivity contribution in [3.8, 4) is 0 Å². The Kier molecular flexibility index (Phi) is 8.29. The van der Waals surface area contributed by atoms with E-state index in [-0.39, 0.29) is 24.4 Å². The highest BCUT2D eigenvalue weighted by atomic mass is 35.5. The van der Waals surface area contributed by atoms with Crippen molar-refractivity contribution < 1.29 is 9.53 Å². The number of halogens is 1. The van der Waals surface area contributed by atoms with Crippen LogP contribution in [0.2, 0.25) is 0 Å². The molecule has 27 heavy (non-hydrogen) atoms. The molecular weight excluding hydrogens is 360 g/mol. The van der Waals surface area contributed by atoms with Crippen LogP contribution in [0.25, 0.3) is 0 Å². The molecule has 2 aromatic carbocycles. The van der Waals surface area contributed by atoms with E-state index < -0.39 is 6.04 Å². The molecule has 0 spiro atoms. The van der Waals surface area contributed by atoms with Crippen molar-refractivity contribution in [2.75, 3.05) is 19.7 Å². The van der Waals surface area contributed by atoms with Crippen LogP contribution in [-0.2, 0) is 16.0 Å². The van der Waals surface area contributed by atoms with Crippen LogP contribution in [0, 0.1) is 6.92 Å². The predicted molar refractivity (Wildman–Crippen MR) is 111 cm³/mol. The van der Waals surface area contributed by atoms with Gasteiger partial charge in [-0.3, -0.25) is 4.79 Å². The van der Waals surface area contributed by atoms with Gasteiger partial charge in [0.15, 0.2) is 0 Å². The lowest BCUT2D eigenvalue weighted by Crippen LogP contribution is -2.45. The zero-order chi connectivity index (χ0) is 18.4. The van der Waals surface area contributed by atoms with E-state index in [1.54, 1.807) is 0 Å². The standard InChI is InChI=1S/C22H28N2O2.ClH/c1-17-7-9-19(10-8-17)21(23)22(25)24-14-11-20(12-15-24)26-16-13-18-5-3-2-4-6-18;/h2-10,20-21H,11-16,23H2,1H3;1H. The molecule has 5 heteroatoms. The summed E-state index contributed by atoms with van der Waals surface area (Å²) >= 11 is 0. The molecule has 4 nitrogen and oxygen atoms in total. The van der Waals surface area contributed by atoms with Gasteiger partial charge >= 0.3 is 0 Å². The Balaban J connectivity index is 0.00000261. The molecule has 1 heterocycles. The number of hydrogen-bond acceptors (Lipinski definition) is 3. The summed E-state index contributed by atoms with van der Waals surface area (Å²) in [5.74, 6) is 0.0107. The molecule has 146 valence electrons. The first-order chi connectivity index (χ1) is 12.6. The van der Waals surface area contributed by atoms with Crippen molar-refractivity contribution in [1.82, 2.24) is 4.90 Å². The van der Waals surface area contributed by atoms with Crippen LogP contribution >= 0.6 is 12.4 Å². The van der Waals surface area contributed by atoms with Crippen molar-refractivity contribution in [2.45, 2.75) is 38.3 Å². The van der Waals surface area contributed by atoms with Gasteiger partial charge in [0.2, 0.25) is 5.91 Å². The first-order valence-electron chi connectivity index (χ1n) is 9.40. The number of amides is 1. The molecule has 1 saturated heterocycles. The molecule has 1 unspecified atom stereocenters. The first-order valence-corrected chi connectivity index (χ1v) is 9.40. The van der Waals surface area contributed by atoms with Gasteiger partial charge in [-0.2, -0.15) is 0 Å². The number of carbonyl (C=O) groups is 1. The van der Waals surface area contributed by atoms with Gasteiger partial charge < -0.3 is 15.4 Å². The van der Waals surface area contributed by atoms with Crippen LogP contribution in [-0.4, -0.2) is 36.6 Å². The summed E-state index contributed by atoms with van der Waals surface area (Å²) in [5, 5.41) is 0. The minimum Gasteiger partial charge on any atom is -0.378 e. The second kappa shape index (κ2) is 10.5. The van der Waals surface area contributed by atoms with Gasteiger partial charge in [-0.05, 0) is 37.3 Å². The fraction of sp³-hybridized carbons (Fsp3) is 0.409. The number of hydrogen-bond donors (Lipinski definition) is 1. The average Bonchev–Trinajstić information content (AvgIpc) is 2.69. The van der Waals surface area contributed by atoms with Crippen LogP contribution in [0.15, 0.2) is 54.6 Å². The molecule has 1 aliphatic heterocycles. The Morgan fingerprint density at radius 1 is 1.11 bits per heavy atom. The maximum atomic E-state index is 12.6. The van der Waals surface area contributed by atoms with E-state index in [2.05, 4.69) is 24.3 Å². The van der Waals surface area contributed by atoms with E-state index in [0.29, 0.717) is 13.1 Å². The Hall–Kier alpha value is -1.88. The summed E-state index contributed by atoms with van der Waals surface area (Å²) in [7, 11) is 0. The van der Waals surface area contributed by atoms with Gasteiger partial charge in [0.05, 0.1) is 12.7 Å². The topological polar surface area (TPSA) is 55.6 Å². The molecule has 0 saturated carbocycles. The Morgan fingerprint density at radius 3 is 2.37 bits per heavy atom. The SMILES string of the molecule is Cc1ccc(C(N)C(=O)N2CCC(OCCc3ccccc3)CC2)cc1.Cl. The number of ether oxygens (including phenoxy) is 1. The lowest BCUT2D eigenvalue weighted by Gasteiger charge is -2.33. The molecule has 3 rings (SSSR count). The zero-order valence-corrected chi connectivity index (χ0v) is 16.7.